The first-order valence-electron chi connectivity index (χ1n) is 7.81. The highest BCUT2D eigenvalue weighted by Gasteiger charge is 2.34. The molecule has 0 aliphatic carbocycles. The number of hydrogen-bond acceptors (Lipinski definition) is 2. The van der Waals surface area contributed by atoms with E-state index < -0.39 is 0 Å². The van der Waals surface area contributed by atoms with Crippen molar-refractivity contribution in [2.75, 3.05) is 19.6 Å². The number of nitrogens with one attached hydrogen (secondary N) is 1. The van der Waals surface area contributed by atoms with Gasteiger partial charge in [-0.3, -0.25) is 4.79 Å². The summed E-state index contributed by atoms with van der Waals surface area (Å²) in [4.78, 5) is 14.7. The number of nitrogens with zero attached hydrogens (tertiary/aromatic N) is 1. The van der Waals surface area contributed by atoms with Crippen LogP contribution >= 0.6 is 0 Å². The second-order valence-electron chi connectivity index (χ2n) is 6.21. The maximum atomic E-state index is 12.6. The second kappa shape index (κ2) is 5.96. The Labute approximate surface area is 121 Å². The van der Waals surface area contributed by atoms with Crippen LogP contribution in [0.5, 0.6) is 0 Å². The van der Waals surface area contributed by atoms with Gasteiger partial charge in [-0.2, -0.15) is 0 Å². The van der Waals surface area contributed by atoms with Crippen molar-refractivity contribution in [3.63, 3.8) is 0 Å². The zero-order valence-corrected chi connectivity index (χ0v) is 12.3. The third-order valence-corrected chi connectivity index (χ3v) is 4.66. The molecule has 1 aromatic carbocycles. The molecule has 2 unspecified atom stereocenters. The van der Waals surface area contributed by atoms with Crippen molar-refractivity contribution in [1.29, 1.82) is 0 Å². The van der Waals surface area contributed by atoms with Crippen LogP contribution in [0.3, 0.4) is 0 Å². The van der Waals surface area contributed by atoms with Crippen molar-refractivity contribution in [3.8, 4) is 0 Å². The summed E-state index contributed by atoms with van der Waals surface area (Å²) in [6, 6.07) is 9.14. The van der Waals surface area contributed by atoms with E-state index >= 15 is 0 Å². The summed E-state index contributed by atoms with van der Waals surface area (Å²) in [6.07, 6.45) is 4.32. The van der Waals surface area contributed by atoms with Crippen LogP contribution in [0.25, 0.3) is 0 Å². The molecule has 2 fully saturated rings. The molecule has 20 heavy (non-hydrogen) atoms. The number of benzene rings is 1. The Hall–Kier alpha value is -1.35. The van der Waals surface area contributed by atoms with Gasteiger partial charge in [0.25, 0.3) is 0 Å². The number of aryl methyl sites for hydroxylation is 1. The number of carbonyl (C=O) groups excluding carboxylic acids is 1. The molecule has 0 bridgehead atoms. The van der Waals surface area contributed by atoms with Crippen molar-refractivity contribution >= 4 is 5.91 Å². The van der Waals surface area contributed by atoms with Gasteiger partial charge in [-0.25, -0.2) is 0 Å². The van der Waals surface area contributed by atoms with E-state index in [-0.39, 0.29) is 5.92 Å². The third-order valence-electron chi connectivity index (χ3n) is 4.66. The molecule has 1 N–H and O–H groups in total. The first-order chi connectivity index (χ1) is 9.74. The van der Waals surface area contributed by atoms with E-state index in [9.17, 15) is 4.79 Å². The smallest absolute Gasteiger partial charge is 0.227 e. The summed E-state index contributed by atoms with van der Waals surface area (Å²) in [5.41, 5.74) is 2.65. The minimum absolute atomic E-state index is 0.216. The molecular weight excluding hydrogens is 248 g/mol. The largest absolute Gasteiger partial charge is 0.339 e. The first-order valence-corrected chi connectivity index (χ1v) is 7.81. The van der Waals surface area contributed by atoms with E-state index in [2.05, 4.69) is 41.4 Å². The normalized spacial score (nSPS) is 26.1. The molecule has 0 spiro atoms. The number of hydrogen-bond donors (Lipinski definition) is 1. The number of rotatable bonds is 3. The van der Waals surface area contributed by atoms with Crippen molar-refractivity contribution in [2.45, 2.75) is 38.6 Å². The highest BCUT2D eigenvalue weighted by Crippen LogP contribution is 2.25. The van der Waals surface area contributed by atoms with E-state index in [1.54, 1.807) is 0 Å². The monoisotopic (exact) mass is 272 g/mol. The van der Waals surface area contributed by atoms with Gasteiger partial charge in [0.15, 0.2) is 0 Å². The topological polar surface area (TPSA) is 32.3 Å². The molecule has 108 valence electrons. The van der Waals surface area contributed by atoms with Crippen molar-refractivity contribution < 1.29 is 4.79 Å². The van der Waals surface area contributed by atoms with Crippen molar-refractivity contribution in [3.05, 3.63) is 35.4 Å². The molecular formula is C17H24N2O. The van der Waals surface area contributed by atoms with Crippen LogP contribution < -0.4 is 5.32 Å². The van der Waals surface area contributed by atoms with E-state index in [1.807, 2.05) is 0 Å². The number of carbonyl (C=O) groups is 1. The van der Waals surface area contributed by atoms with E-state index in [1.165, 1.54) is 11.1 Å². The minimum Gasteiger partial charge on any atom is -0.339 e. The van der Waals surface area contributed by atoms with Gasteiger partial charge in [-0.15, -0.1) is 0 Å². The Morgan fingerprint density at radius 2 is 2.10 bits per heavy atom. The van der Waals surface area contributed by atoms with Gasteiger partial charge in [0.05, 0.1) is 5.92 Å². The van der Waals surface area contributed by atoms with Gasteiger partial charge >= 0.3 is 0 Å². The van der Waals surface area contributed by atoms with Gasteiger partial charge in [-0.05, 0) is 44.7 Å². The zero-order valence-electron chi connectivity index (χ0n) is 12.3. The van der Waals surface area contributed by atoms with Gasteiger partial charge in [0.1, 0.15) is 0 Å². The predicted molar refractivity (Wildman–Crippen MR) is 80.6 cm³/mol. The first kappa shape index (κ1) is 13.6. The fourth-order valence-corrected chi connectivity index (χ4v) is 3.43. The fourth-order valence-electron chi connectivity index (χ4n) is 3.43. The molecule has 0 saturated carbocycles. The van der Waals surface area contributed by atoms with Crippen LogP contribution in [0, 0.1) is 12.8 Å². The third kappa shape index (κ3) is 2.88. The summed E-state index contributed by atoms with van der Waals surface area (Å²) in [7, 11) is 0. The van der Waals surface area contributed by atoms with Gasteiger partial charge < -0.3 is 10.2 Å². The maximum absolute atomic E-state index is 12.6. The second-order valence-corrected chi connectivity index (χ2v) is 6.21. The molecule has 1 amide bonds. The van der Waals surface area contributed by atoms with Crippen LogP contribution in [0.2, 0.25) is 0 Å². The molecule has 2 atom stereocenters. The molecule has 2 heterocycles. The lowest BCUT2D eigenvalue weighted by Crippen LogP contribution is -2.41. The summed E-state index contributed by atoms with van der Waals surface area (Å²) in [5.74, 6) is 0.596. The molecule has 2 aliphatic rings. The van der Waals surface area contributed by atoms with E-state index in [4.69, 9.17) is 0 Å². The van der Waals surface area contributed by atoms with Crippen LogP contribution in [0.1, 0.15) is 30.4 Å². The van der Waals surface area contributed by atoms with E-state index in [0.29, 0.717) is 11.9 Å². The lowest BCUT2D eigenvalue weighted by atomic mass is 10.0. The summed E-state index contributed by atoms with van der Waals surface area (Å²) in [6.45, 7) is 4.92. The number of amides is 1. The molecule has 2 saturated heterocycles. The average molecular weight is 272 g/mol. The summed E-state index contributed by atoms with van der Waals surface area (Å²) >= 11 is 0. The maximum Gasteiger partial charge on any atom is 0.227 e. The van der Waals surface area contributed by atoms with Crippen molar-refractivity contribution in [1.82, 2.24) is 10.2 Å². The highest BCUT2D eigenvalue weighted by molar-refractivity contribution is 5.80. The van der Waals surface area contributed by atoms with Gasteiger partial charge in [0, 0.05) is 19.1 Å². The molecule has 2 aliphatic heterocycles. The fraction of sp³-hybridized carbons (Fsp3) is 0.588. The quantitative estimate of drug-likeness (QED) is 0.914. The Balaban J connectivity index is 1.65. The zero-order chi connectivity index (χ0) is 13.9. The predicted octanol–water partition coefficient (Wildman–Crippen LogP) is 2.14. The Bertz CT molecular complexity index is 462. The molecule has 0 radical (unpaired) electrons. The Kier molecular flexibility index (Phi) is 4.06. The average Bonchev–Trinajstić information content (AvgIpc) is 3.12. The Morgan fingerprint density at radius 3 is 2.80 bits per heavy atom. The molecule has 3 nitrogen and oxygen atoms in total. The van der Waals surface area contributed by atoms with Crippen LogP contribution in [0.15, 0.2) is 24.3 Å². The van der Waals surface area contributed by atoms with Gasteiger partial charge in [0.2, 0.25) is 5.91 Å². The SMILES string of the molecule is Cc1ccc(CC2CCCN2C(=O)C2CCNC2)cc1. The summed E-state index contributed by atoms with van der Waals surface area (Å²) < 4.78 is 0. The van der Waals surface area contributed by atoms with Crippen LogP contribution in [0.4, 0.5) is 0 Å². The molecule has 0 aromatic heterocycles. The summed E-state index contributed by atoms with van der Waals surface area (Å²) in [5, 5.41) is 3.30. The van der Waals surface area contributed by atoms with Crippen LogP contribution in [-0.4, -0.2) is 36.5 Å². The van der Waals surface area contributed by atoms with Crippen LogP contribution in [-0.2, 0) is 11.2 Å². The minimum atomic E-state index is 0.216. The van der Waals surface area contributed by atoms with E-state index in [0.717, 1.165) is 45.3 Å². The molecule has 3 heteroatoms. The van der Waals surface area contributed by atoms with Crippen molar-refractivity contribution in [2.24, 2.45) is 5.92 Å². The Morgan fingerprint density at radius 1 is 1.30 bits per heavy atom. The van der Waals surface area contributed by atoms with Gasteiger partial charge in [-0.1, -0.05) is 29.8 Å². The lowest BCUT2D eigenvalue weighted by molar-refractivity contribution is -0.135. The highest BCUT2D eigenvalue weighted by atomic mass is 16.2. The molecule has 1 aromatic rings. The lowest BCUT2D eigenvalue weighted by Gasteiger charge is -2.27. The number of likely N-dealkylation sites (tertiary alicyclic amines) is 1. The standard InChI is InChI=1S/C17H24N2O/c1-13-4-6-14(7-5-13)11-16-3-2-10-19(16)17(20)15-8-9-18-12-15/h4-7,15-16,18H,2-3,8-12H2,1H3. The molecule has 3 rings (SSSR count).